The molecule has 0 saturated heterocycles. The lowest BCUT2D eigenvalue weighted by atomic mass is 10.1. The molecule has 1 aliphatic carbocycles. The third-order valence-corrected chi connectivity index (χ3v) is 4.71. The van der Waals surface area contributed by atoms with Crippen LogP contribution in [0.5, 0.6) is 0 Å². The van der Waals surface area contributed by atoms with E-state index in [1.165, 1.54) is 12.1 Å². The van der Waals surface area contributed by atoms with Crippen LogP contribution >= 0.6 is 11.8 Å². The first-order chi connectivity index (χ1) is 8.63. The van der Waals surface area contributed by atoms with Crippen LogP contribution < -0.4 is 5.32 Å². The summed E-state index contributed by atoms with van der Waals surface area (Å²) in [5.41, 5.74) is 0.0937. The fraction of sp³-hybridized carbons (Fsp3) is 0.571. The van der Waals surface area contributed by atoms with Crippen LogP contribution in [-0.4, -0.2) is 24.1 Å². The number of halogens is 2. The fourth-order valence-electron chi connectivity index (χ4n) is 2.48. The number of nitrogens with one attached hydrogen (secondary N) is 1. The van der Waals surface area contributed by atoms with Crippen LogP contribution in [0.3, 0.4) is 0 Å². The maximum absolute atomic E-state index is 14.0. The van der Waals surface area contributed by atoms with Crippen molar-refractivity contribution in [3.8, 4) is 0 Å². The summed E-state index contributed by atoms with van der Waals surface area (Å²) >= 11 is 1.78. The summed E-state index contributed by atoms with van der Waals surface area (Å²) in [7, 11) is 0. The van der Waals surface area contributed by atoms with Crippen LogP contribution in [0.25, 0.3) is 0 Å². The van der Waals surface area contributed by atoms with E-state index in [-0.39, 0.29) is 18.2 Å². The molecule has 4 heteroatoms. The maximum atomic E-state index is 14.0. The van der Waals surface area contributed by atoms with E-state index in [0.717, 1.165) is 19.3 Å². The standard InChI is InChI=1S/C14H19F2NS/c1-18-13-9-5-8-12(13)17-10-14(15,16)11-6-3-2-4-7-11/h2-4,6-7,12-13,17H,5,8-10H2,1H3. The van der Waals surface area contributed by atoms with Crippen molar-refractivity contribution in [2.45, 2.75) is 36.5 Å². The fourth-order valence-corrected chi connectivity index (χ4v) is 3.45. The van der Waals surface area contributed by atoms with Crippen LogP contribution in [0, 0.1) is 0 Å². The summed E-state index contributed by atoms with van der Waals surface area (Å²) in [6, 6.07) is 8.28. The van der Waals surface area contributed by atoms with Crippen LogP contribution in [0.15, 0.2) is 30.3 Å². The molecule has 0 heterocycles. The monoisotopic (exact) mass is 271 g/mol. The molecular weight excluding hydrogens is 252 g/mol. The normalized spacial score (nSPS) is 24.4. The van der Waals surface area contributed by atoms with E-state index in [1.807, 2.05) is 0 Å². The van der Waals surface area contributed by atoms with Gasteiger partial charge in [0, 0.05) is 16.9 Å². The molecule has 1 aromatic rings. The molecule has 2 atom stereocenters. The van der Waals surface area contributed by atoms with Gasteiger partial charge in [-0.3, -0.25) is 0 Å². The van der Waals surface area contributed by atoms with Gasteiger partial charge in [0.15, 0.2) is 0 Å². The summed E-state index contributed by atoms with van der Waals surface area (Å²) < 4.78 is 27.9. The van der Waals surface area contributed by atoms with Crippen molar-refractivity contribution in [1.29, 1.82) is 0 Å². The number of hydrogen-bond acceptors (Lipinski definition) is 2. The molecule has 1 aliphatic rings. The van der Waals surface area contributed by atoms with E-state index < -0.39 is 5.92 Å². The third kappa shape index (κ3) is 3.23. The number of rotatable bonds is 5. The van der Waals surface area contributed by atoms with E-state index in [4.69, 9.17) is 0 Å². The van der Waals surface area contributed by atoms with Crippen molar-refractivity contribution < 1.29 is 8.78 Å². The van der Waals surface area contributed by atoms with Gasteiger partial charge in [-0.2, -0.15) is 20.5 Å². The van der Waals surface area contributed by atoms with Gasteiger partial charge in [-0.15, -0.1) is 0 Å². The van der Waals surface area contributed by atoms with Gasteiger partial charge >= 0.3 is 0 Å². The number of alkyl halides is 2. The molecule has 2 unspecified atom stereocenters. The van der Waals surface area contributed by atoms with E-state index in [0.29, 0.717) is 5.25 Å². The molecule has 1 aromatic carbocycles. The second-order valence-electron chi connectivity index (χ2n) is 4.76. The molecule has 2 rings (SSSR count). The summed E-state index contributed by atoms with van der Waals surface area (Å²) in [6.45, 7) is -0.265. The molecular formula is C14H19F2NS. The van der Waals surface area contributed by atoms with Gasteiger partial charge in [-0.05, 0) is 19.1 Å². The first kappa shape index (κ1) is 13.8. The van der Waals surface area contributed by atoms with E-state index >= 15 is 0 Å². The van der Waals surface area contributed by atoms with Gasteiger partial charge in [-0.1, -0.05) is 36.8 Å². The zero-order valence-corrected chi connectivity index (χ0v) is 11.4. The van der Waals surface area contributed by atoms with E-state index in [1.54, 1.807) is 30.0 Å². The Bertz CT molecular complexity index is 369. The van der Waals surface area contributed by atoms with Crippen LogP contribution in [-0.2, 0) is 5.92 Å². The zero-order chi connectivity index (χ0) is 13.0. The molecule has 0 radical (unpaired) electrons. The lowest BCUT2D eigenvalue weighted by Gasteiger charge is -2.23. The highest BCUT2D eigenvalue weighted by molar-refractivity contribution is 7.99. The highest BCUT2D eigenvalue weighted by Gasteiger charge is 2.34. The summed E-state index contributed by atoms with van der Waals surface area (Å²) in [5.74, 6) is -2.78. The Morgan fingerprint density at radius 2 is 2.00 bits per heavy atom. The number of hydrogen-bond donors (Lipinski definition) is 1. The van der Waals surface area contributed by atoms with E-state index in [2.05, 4.69) is 11.6 Å². The summed E-state index contributed by atoms with van der Waals surface area (Å²) in [6.07, 6.45) is 5.34. The molecule has 1 saturated carbocycles. The number of benzene rings is 1. The minimum absolute atomic E-state index is 0.0937. The average Bonchev–Trinajstić information content (AvgIpc) is 2.85. The quantitative estimate of drug-likeness (QED) is 0.877. The topological polar surface area (TPSA) is 12.0 Å². The van der Waals surface area contributed by atoms with Crippen LogP contribution in [0.2, 0.25) is 0 Å². The van der Waals surface area contributed by atoms with Crippen molar-refractivity contribution in [3.63, 3.8) is 0 Å². The maximum Gasteiger partial charge on any atom is 0.285 e. The molecule has 18 heavy (non-hydrogen) atoms. The predicted octanol–water partition coefficient (Wildman–Crippen LogP) is 3.65. The molecule has 100 valence electrons. The molecule has 0 spiro atoms. The van der Waals surface area contributed by atoms with Crippen molar-refractivity contribution >= 4 is 11.8 Å². The largest absolute Gasteiger partial charge is 0.307 e. The second-order valence-corrected chi connectivity index (χ2v) is 5.84. The third-order valence-electron chi connectivity index (χ3n) is 3.54. The lowest BCUT2D eigenvalue weighted by Crippen LogP contribution is -2.40. The second kappa shape index (κ2) is 6.02. The van der Waals surface area contributed by atoms with Crippen molar-refractivity contribution in [3.05, 3.63) is 35.9 Å². The first-order valence-corrected chi connectivity index (χ1v) is 7.62. The van der Waals surface area contributed by atoms with Gasteiger partial charge in [0.2, 0.25) is 0 Å². The molecule has 1 N–H and O–H groups in total. The molecule has 0 bridgehead atoms. The SMILES string of the molecule is CSC1CCCC1NCC(F)(F)c1ccccc1. The smallest absolute Gasteiger partial charge is 0.285 e. The zero-order valence-electron chi connectivity index (χ0n) is 10.5. The summed E-state index contributed by atoms with van der Waals surface area (Å²) in [4.78, 5) is 0. The Hall–Kier alpha value is -0.610. The van der Waals surface area contributed by atoms with Gasteiger partial charge in [-0.25, -0.2) is 0 Å². The predicted molar refractivity (Wildman–Crippen MR) is 73.3 cm³/mol. The van der Waals surface area contributed by atoms with E-state index in [9.17, 15) is 8.78 Å². The van der Waals surface area contributed by atoms with Gasteiger partial charge < -0.3 is 5.32 Å². The Kier molecular flexibility index (Phi) is 4.62. The Labute approximate surface area is 111 Å². The highest BCUT2D eigenvalue weighted by Crippen LogP contribution is 2.31. The average molecular weight is 271 g/mol. The van der Waals surface area contributed by atoms with Gasteiger partial charge in [0.05, 0.1) is 6.54 Å². The van der Waals surface area contributed by atoms with Crippen LogP contribution in [0.1, 0.15) is 24.8 Å². The Balaban J connectivity index is 1.93. The summed E-state index contributed by atoms with van der Waals surface area (Å²) in [5, 5.41) is 3.53. The molecule has 1 fully saturated rings. The number of thioether (sulfide) groups is 1. The molecule has 0 aromatic heterocycles. The molecule has 0 amide bonds. The van der Waals surface area contributed by atoms with Crippen molar-refractivity contribution in [1.82, 2.24) is 5.32 Å². The lowest BCUT2D eigenvalue weighted by molar-refractivity contribution is -0.00541. The van der Waals surface area contributed by atoms with Crippen molar-refractivity contribution in [2.24, 2.45) is 0 Å². The van der Waals surface area contributed by atoms with Gasteiger partial charge in [0.25, 0.3) is 5.92 Å². The van der Waals surface area contributed by atoms with Crippen LogP contribution in [0.4, 0.5) is 8.78 Å². The molecule has 1 nitrogen and oxygen atoms in total. The first-order valence-electron chi connectivity index (χ1n) is 6.33. The van der Waals surface area contributed by atoms with Gasteiger partial charge in [0.1, 0.15) is 0 Å². The Morgan fingerprint density at radius 3 is 2.67 bits per heavy atom. The minimum atomic E-state index is -2.78. The highest BCUT2D eigenvalue weighted by atomic mass is 32.2. The minimum Gasteiger partial charge on any atom is -0.307 e. The molecule has 0 aliphatic heterocycles. The van der Waals surface area contributed by atoms with Crippen molar-refractivity contribution in [2.75, 3.05) is 12.8 Å². The Morgan fingerprint density at radius 1 is 1.28 bits per heavy atom.